The summed E-state index contributed by atoms with van der Waals surface area (Å²) >= 11 is 0. The molecule has 1 atom stereocenters. The molecule has 2 rings (SSSR count). The Balaban J connectivity index is 1.72. The molecule has 0 saturated carbocycles. The topological polar surface area (TPSA) is 38.8 Å². The molecule has 0 spiro atoms. The van der Waals surface area contributed by atoms with E-state index in [1.807, 2.05) is 4.90 Å². The van der Waals surface area contributed by atoms with Gasteiger partial charge in [-0.05, 0) is 7.05 Å². The zero-order valence-electron chi connectivity index (χ0n) is 11.0. The standard InChI is InChI=1S/C12H24N4O/c1-11(17)16-7-5-15(6-8-16)10-12-9-14(2)4-3-13-12/h12-13H,3-10H2,1-2H3. The van der Waals surface area contributed by atoms with Crippen molar-refractivity contribution in [1.29, 1.82) is 0 Å². The van der Waals surface area contributed by atoms with E-state index in [4.69, 9.17) is 0 Å². The largest absolute Gasteiger partial charge is 0.340 e. The van der Waals surface area contributed by atoms with Crippen LogP contribution in [-0.2, 0) is 4.79 Å². The van der Waals surface area contributed by atoms with Crippen molar-refractivity contribution in [2.75, 3.05) is 59.4 Å². The maximum atomic E-state index is 11.2. The molecule has 98 valence electrons. The fourth-order valence-electron chi connectivity index (χ4n) is 2.67. The summed E-state index contributed by atoms with van der Waals surface area (Å²) in [4.78, 5) is 18.0. The van der Waals surface area contributed by atoms with Gasteiger partial charge in [0.05, 0.1) is 0 Å². The van der Waals surface area contributed by atoms with Crippen molar-refractivity contribution < 1.29 is 4.79 Å². The molecular weight excluding hydrogens is 216 g/mol. The number of likely N-dealkylation sites (N-methyl/N-ethyl adjacent to an activating group) is 1. The molecule has 2 saturated heterocycles. The third-order valence-electron chi connectivity index (χ3n) is 3.75. The molecular formula is C12H24N4O. The van der Waals surface area contributed by atoms with Gasteiger partial charge in [-0.2, -0.15) is 0 Å². The molecule has 0 aromatic carbocycles. The normalized spacial score (nSPS) is 28.4. The van der Waals surface area contributed by atoms with E-state index in [1.54, 1.807) is 6.92 Å². The number of piperazine rings is 2. The number of amides is 1. The summed E-state index contributed by atoms with van der Waals surface area (Å²) in [5.41, 5.74) is 0. The van der Waals surface area contributed by atoms with Crippen LogP contribution >= 0.6 is 0 Å². The first kappa shape index (κ1) is 12.8. The maximum absolute atomic E-state index is 11.2. The number of nitrogens with one attached hydrogen (secondary N) is 1. The zero-order valence-corrected chi connectivity index (χ0v) is 11.0. The van der Waals surface area contributed by atoms with Crippen LogP contribution in [0.3, 0.4) is 0 Å². The van der Waals surface area contributed by atoms with E-state index in [0.29, 0.717) is 6.04 Å². The van der Waals surface area contributed by atoms with Gasteiger partial charge < -0.3 is 15.1 Å². The van der Waals surface area contributed by atoms with Crippen molar-refractivity contribution in [3.05, 3.63) is 0 Å². The Morgan fingerprint density at radius 3 is 2.53 bits per heavy atom. The molecule has 1 amide bonds. The lowest BCUT2D eigenvalue weighted by Gasteiger charge is -2.38. The van der Waals surface area contributed by atoms with E-state index >= 15 is 0 Å². The lowest BCUT2D eigenvalue weighted by atomic mass is 10.2. The van der Waals surface area contributed by atoms with Crippen LogP contribution in [0.4, 0.5) is 0 Å². The van der Waals surface area contributed by atoms with Crippen LogP contribution in [0.2, 0.25) is 0 Å². The minimum Gasteiger partial charge on any atom is -0.340 e. The summed E-state index contributed by atoms with van der Waals surface area (Å²) in [6.45, 7) is 9.94. The Morgan fingerprint density at radius 1 is 1.24 bits per heavy atom. The van der Waals surface area contributed by atoms with Crippen molar-refractivity contribution in [3.8, 4) is 0 Å². The number of rotatable bonds is 2. The van der Waals surface area contributed by atoms with Crippen LogP contribution in [-0.4, -0.2) is 86.1 Å². The van der Waals surface area contributed by atoms with E-state index in [-0.39, 0.29) is 5.91 Å². The summed E-state index contributed by atoms with van der Waals surface area (Å²) in [6, 6.07) is 0.581. The van der Waals surface area contributed by atoms with Crippen LogP contribution in [0, 0.1) is 0 Å². The summed E-state index contributed by atoms with van der Waals surface area (Å²) in [7, 11) is 2.18. The second kappa shape index (κ2) is 5.80. The van der Waals surface area contributed by atoms with Gasteiger partial charge >= 0.3 is 0 Å². The minimum absolute atomic E-state index is 0.208. The Kier molecular flexibility index (Phi) is 4.36. The average Bonchev–Trinajstić information content (AvgIpc) is 2.29. The third-order valence-corrected chi connectivity index (χ3v) is 3.75. The van der Waals surface area contributed by atoms with E-state index in [1.165, 1.54) is 0 Å². The van der Waals surface area contributed by atoms with Gasteiger partial charge in [0.1, 0.15) is 0 Å². The fraction of sp³-hybridized carbons (Fsp3) is 0.917. The number of carbonyl (C=O) groups excluding carboxylic acids is 1. The summed E-state index contributed by atoms with van der Waals surface area (Å²) in [5, 5.41) is 3.57. The van der Waals surface area contributed by atoms with Gasteiger partial charge in [-0.1, -0.05) is 0 Å². The maximum Gasteiger partial charge on any atom is 0.219 e. The van der Waals surface area contributed by atoms with Crippen LogP contribution in [0.15, 0.2) is 0 Å². The van der Waals surface area contributed by atoms with E-state index < -0.39 is 0 Å². The first-order valence-electron chi connectivity index (χ1n) is 6.55. The van der Waals surface area contributed by atoms with E-state index in [0.717, 1.165) is 52.4 Å². The molecule has 0 aromatic heterocycles. The fourth-order valence-corrected chi connectivity index (χ4v) is 2.67. The predicted octanol–water partition coefficient (Wildman–Crippen LogP) is -0.946. The summed E-state index contributed by atoms with van der Waals surface area (Å²) in [6.07, 6.45) is 0. The molecule has 1 N–H and O–H groups in total. The number of hydrogen-bond acceptors (Lipinski definition) is 4. The molecule has 0 aliphatic carbocycles. The molecule has 2 fully saturated rings. The summed E-state index contributed by atoms with van der Waals surface area (Å²) < 4.78 is 0. The van der Waals surface area contributed by atoms with Crippen molar-refractivity contribution >= 4 is 5.91 Å². The Bertz CT molecular complexity index is 263. The molecule has 0 aromatic rings. The zero-order chi connectivity index (χ0) is 12.3. The lowest BCUT2D eigenvalue weighted by Crippen LogP contribution is -2.56. The summed E-state index contributed by atoms with van der Waals surface area (Å²) in [5.74, 6) is 0.208. The smallest absolute Gasteiger partial charge is 0.219 e. The SMILES string of the molecule is CC(=O)N1CCN(CC2CN(C)CCN2)CC1. The van der Waals surface area contributed by atoms with Crippen LogP contribution in [0.25, 0.3) is 0 Å². The van der Waals surface area contributed by atoms with Crippen LogP contribution in [0.5, 0.6) is 0 Å². The Labute approximate surface area is 104 Å². The molecule has 0 bridgehead atoms. The highest BCUT2D eigenvalue weighted by molar-refractivity contribution is 5.73. The van der Waals surface area contributed by atoms with Crippen molar-refractivity contribution in [2.24, 2.45) is 0 Å². The number of hydrogen-bond donors (Lipinski definition) is 1. The van der Waals surface area contributed by atoms with Gasteiger partial charge in [-0.15, -0.1) is 0 Å². The Morgan fingerprint density at radius 2 is 1.94 bits per heavy atom. The second-order valence-corrected chi connectivity index (χ2v) is 5.22. The van der Waals surface area contributed by atoms with Crippen LogP contribution < -0.4 is 5.32 Å². The lowest BCUT2D eigenvalue weighted by molar-refractivity contribution is -0.130. The van der Waals surface area contributed by atoms with Gasteiger partial charge in [0.15, 0.2) is 0 Å². The average molecular weight is 240 g/mol. The first-order chi connectivity index (χ1) is 8.15. The van der Waals surface area contributed by atoms with Gasteiger partial charge in [0.2, 0.25) is 5.91 Å². The highest BCUT2D eigenvalue weighted by atomic mass is 16.2. The first-order valence-corrected chi connectivity index (χ1v) is 6.55. The van der Waals surface area contributed by atoms with Crippen LogP contribution in [0.1, 0.15) is 6.92 Å². The minimum atomic E-state index is 0.208. The highest BCUT2D eigenvalue weighted by Gasteiger charge is 2.23. The molecule has 17 heavy (non-hydrogen) atoms. The molecule has 1 unspecified atom stereocenters. The van der Waals surface area contributed by atoms with Gasteiger partial charge in [0.25, 0.3) is 0 Å². The second-order valence-electron chi connectivity index (χ2n) is 5.22. The number of nitrogens with zero attached hydrogens (tertiary/aromatic N) is 3. The van der Waals surface area contributed by atoms with Crippen molar-refractivity contribution in [3.63, 3.8) is 0 Å². The monoisotopic (exact) mass is 240 g/mol. The molecule has 0 radical (unpaired) electrons. The molecule has 2 aliphatic heterocycles. The highest BCUT2D eigenvalue weighted by Crippen LogP contribution is 2.05. The molecule has 5 nitrogen and oxygen atoms in total. The van der Waals surface area contributed by atoms with Gasteiger partial charge in [0, 0.05) is 65.3 Å². The van der Waals surface area contributed by atoms with E-state index in [2.05, 4.69) is 22.2 Å². The van der Waals surface area contributed by atoms with Gasteiger partial charge in [-0.3, -0.25) is 9.69 Å². The van der Waals surface area contributed by atoms with Crippen molar-refractivity contribution in [2.45, 2.75) is 13.0 Å². The molecule has 5 heteroatoms. The molecule has 2 heterocycles. The van der Waals surface area contributed by atoms with E-state index in [9.17, 15) is 4.79 Å². The van der Waals surface area contributed by atoms with Crippen molar-refractivity contribution in [1.82, 2.24) is 20.0 Å². The quantitative estimate of drug-likeness (QED) is 0.676. The third kappa shape index (κ3) is 3.66. The predicted molar refractivity (Wildman–Crippen MR) is 68.0 cm³/mol. The number of carbonyl (C=O) groups is 1. The Hall–Kier alpha value is -0.650. The molecule has 2 aliphatic rings. The van der Waals surface area contributed by atoms with Gasteiger partial charge in [-0.25, -0.2) is 0 Å².